The van der Waals surface area contributed by atoms with Crippen LogP contribution in [0.3, 0.4) is 0 Å². The largest absolute Gasteiger partial charge is 0.480 e. The number of sulfonamides is 1. The quantitative estimate of drug-likeness (QED) is 0.780. The van der Waals surface area contributed by atoms with Crippen LogP contribution in [0.5, 0.6) is 0 Å². The molecule has 1 heterocycles. The number of hydrogen-bond donors (Lipinski definition) is 1. The summed E-state index contributed by atoms with van der Waals surface area (Å²) in [5, 5.41) is 8.90. The third-order valence-corrected chi connectivity index (χ3v) is 5.32. The highest BCUT2D eigenvalue weighted by molar-refractivity contribution is 7.91. The van der Waals surface area contributed by atoms with Crippen molar-refractivity contribution < 1.29 is 18.3 Å². The van der Waals surface area contributed by atoms with Gasteiger partial charge in [0.25, 0.3) is 0 Å². The first-order chi connectivity index (χ1) is 6.80. The van der Waals surface area contributed by atoms with Crippen LogP contribution in [0.2, 0.25) is 0 Å². The molecule has 1 aliphatic heterocycles. The van der Waals surface area contributed by atoms with E-state index in [0.717, 1.165) is 19.3 Å². The normalized spacial score (nSPS) is 20.1. The smallest absolute Gasteiger partial charge is 0.325 e. The van der Waals surface area contributed by atoms with Gasteiger partial charge >= 0.3 is 5.97 Å². The Balaban J connectivity index is 2.95. The lowest BCUT2D eigenvalue weighted by atomic mass is 10.2. The molecule has 1 aliphatic rings. The Bertz CT molecular complexity index is 341. The fourth-order valence-electron chi connectivity index (χ4n) is 1.54. The Kier molecular flexibility index (Phi) is 3.40. The average Bonchev–Trinajstić information content (AvgIpc) is 2.18. The highest BCUT2D eigenvalue weighted by Gasteiger charge is 2.45. The fourth-order valence-corrected chi connectivity index (χ4v) is 3.14. The van der Waals surface area contributed by atoms with Crippen molar-refractivity contribution in [1.29, 1.82) is 0 Å². The summed E-state index contributed by atoms with van der Waals surface area (Å²) in [6, 6.07) is 0. The number of rotatable bonds is 3. The zero-order valence-corrected chi connectivity index (χ0v) is 9.88. The number of nitrogens with zero attached hydrogens (tertiary/aromatic N) is 1. The molecule has 0 spiro atoms. The Morgan fingerprint density at radius 1 is 1.20 bits per heavy atom. The topological polar surface area (TPSA) is 74.7 Å². The van der Waals surface area contributed by atoms with Crippen molar-refractivity contribution in [1.82, 2.24) is 4.31 Å². The van der Waals surface area contributed by atoms with Gasteiger partial charge in [-0.05, 0) is 26.7 Å². The molecule has 0 bridgehead atoms. The SMILES string of the molecule is CC(C)(C(=O)O)S(=O)(=O)N1CCCCC1. The summed E-state index contributed by atoms with van der Waals surface area (Å²) >= 11 is 0. The third kappa shape index (κ3) is 2.15. The van der Waals surface area contributed by atoms with Gasteiger partial charge in [-0.1, -0.05) is 6.42 Å². The molecule has 0 amide bonds. The van der Waals surface area contributed by atoms with E-state index in [0.29, 0.717) is 13.1 Å². The molecular formula is C9H17NO4S. The number of hydrogen-bond acceptors (Lipinski definition) is 3. The summed E-state index contributed by atoms with van der Waals surface area (Å²) in [4.78, 5) is 10.9. The van der Waals surface area contributed by atoms with E-state index in [1.165, 1.54) is 18.2 Å². The second-order valence-electron chi connectivity index (χ2n) is 4.28. The highest BCUT2D eigenvalue weighted by atomic mass is 32.2. The van der Waals surface area contributed by atoms with Crippen LogP contribution in [0, 0.1) is 0 Å². The Morgan fingerprint density at radius 3 is 2.07 bits per heavy atom. The van der Waals surface area contributed by atoms with Crippen LogP contribution >= 0.6 is 0 Å². The summed E-state index contributed by atoms with van der Waals surface area (Å²) in [5.74, 6) is -1.30. The molecule has 0 saturated carbocycles. The van der Waals surface area contributed by atoms with Gasteiger partial charge in [0.05, 0.1) is 0 Å². The van der Waals surface area contributed by atoms with E-state index in [1.54, 1.807) is 0 Å². The fraction of sp³-hybridized carbons (Fsp3) is 0.889. The van der Waals surface area contributed by atoms with Crippen molar-refractivity contribution in [2.75, 3.05) is 13.1 Å². The van der Waals surface area contributed by atoms with Crippen molar-refractivity contribution >= 4 is 16.0 Å². The van der Waals surface area contributed by atoms with Crippen LogP contribution in [0.4, 0.5) is 0 Å². The molecule has 15 heavy (non-hydrogen) atoms. The maximum absolute atomic E-state index is 12.0. The molecular weight excluding hydrogens is 218 g/mol. The standard InChI is InChI=1S/C9H17NO4S/c1-9(2,8(11)12)15(13,14)10-6-4-3-5-7-10/h3-7H2,1-2H3,(H,11,12). The molecule has 1 N–H and O–H groups in total. The number of aliphatic carboxylic acids is 1. The van der Waals surface area contributed by atoms with Gasteiger partial charge in [-0.3, -0.25) is 4.79 Å². The van der Waals surface area contributed by atoms with E-state index in [1.807, 2.05) is 0 Å². The minimum absolute atomic E-state index is 0.443. The molecule has 1 fully saturated rings. The number of carbonyl (C=O) groups is 1. The lowest BCUT2D eigenvalue weighted by molar-refractivity contribution is -0.139. The van der Waals surface area contributed by atoms with Crippen LogP contribution in [0.25, 0.3) is 0 Å². The Hall–Kier alpha value is -0.620. The van der Waals surface area contributed by atoms with Crippen molar-refractivity contribution in [3.63, 3.8) is 0 Å². The number of carboxylic acids is 1. The summed E-state index contributed by atoms with van der Waals surface area (Å²) in [6.45, 7) is 3.36. The molecule has 0 radical (unpaired) electrons. The van der Waals surface area contributed by atoms with Crippen LogP contribution in [0.15, 0.2) is 0 Å². The first-order valence-corrected chi connectivity index (χ1v) is 6.47. The second-order valence-corrected chi connectivity index (χ2v) is 6.77. The molecule has 0 aromatic heterocycles. The van der Waals surface area contributed by atoms with Crippen molar-refractivity contribution in [3.05, 3.63) is 0 Å². The predicted octanol–water partition coefficient (Wildman–Crippen LogP) is 0.665. The van der Waals surface area contributed by atoms with Gasteiger partial charge in [0.1, 0.15) is 0 Å². The van der Waals surface area contributed by atoms with E-state index in [4.69, 9.17) is 5.11 Å². The van der Waals surface area contributed by atoms with Crippen LogP contribution in [-0.4, -0.2) is 41.6 Å². The molecule has 1 rings (SSSR count). The Morgan fingerprint density at radius 2 is 1.67 bits per heavy atom. The molecule has 0 unspecified atom stereocenters. The maximum atomic E-state index is 12.0. The van der Waals surface area contributed by atoms with Crippen molar-refractivity contribution in [2.45, 2.75) is 37.9 Å². The summed E-state index contributed by atoms with van der Waals surface area (Å²) in [5.41, 5.74) is 0. The van der Waals surface area contributed by atoms with Gasteiger partial charge in [-0.15, -0.1) is 0 Å². The number of piperidine rings is 1. The highest BCUT2D eigenvalue weighted by Crippen LogP contribution is 2.24. The van der Waals surface area contributed by atoms with Gasteiger partial charge in [0, 0.05) is 13.1 Å². The second kappa shape index (κ2) is 4.09. The zero-order valence-electron chi connectivity index (χ0n) is 9.06. The van der Waals surface area contributed by atoms with Crippen LogP contribution in [-0.2, 0) is 14.8 Å². The summed E-state index contributed by atoms with van der Waals surface area (Å²) in [6.07, 6.45) is 2.64. The molecule has 6 heteroatoms. The van der Waals surface area contributed by atoms with Crippen molar-refractivity contribution in [2.24, 2.45) is 0 Å². The molecule has 0 aliphatic carbocycles. The Labute approximate surface area is 90.1 Å². The molecule has 5 nitrogen and oxygen atoms in total. The molecule has 0 aromatic carbocycles. The van der Waals surface area contributed by atoms with Crippen LogP contribution in [0.1, 0.15) is 33.1 Å². The number of carboxylic acid groups (broad SMARTS) is 1. The van der Waals surface area contributed by atoms with Gasteiger partial charge in [0.15, 0.2) is 4.75 Å². The third-order valence-electron chi connectivity index (χ3n) is 2.81. The van der Waals surface area contributed by atoms with Crippen molar-refractivity contribution in [3.8, 4) is 0 Å². The predicted molar refractivity (Wildman–Crippen MR) is 56.1 cm³/mol. The first-order valence-electron chi connectivity index (χ1n) is 5.03. The summed E-state index contributed by atoms with van der Waals surface area (Å²) < 4.78 is 23.6. The van der Waals surface area contributed by atoms with E-state index in [-0.39, 0.29) is 0 Å². The summed E-state index contributed by atoms with van der Waals surface area (Å²) in [7, 11) is -3.73. The molecule has 1 saturated heterocycles. The molecule has 0 atom stereocenters. The average molecular weight is 235 g/mol. The van der Waals surface area contributed by atoms with Gasteiger partial charge in [-0.25, -0.2) is 12.7 Å². The maximum Gasteiger partial charge on any atom is 0.325 e. The van der Waals surface area contributed by atoms with Crippen LogP contribution < -0.4 is 0 Å². The minimum Gasteiger partial charge on any atom is -0.480 e. The lowest BCUT2D eigenvalue weighted by Gasteiger charge is -2.31. The minimum atomic E-state index is -3.73. The monoisotopic (exact) mass is 235 g/mol. The molecule has 0 aromatic rings. The zero-order chi connectivity index (χ0) is 11.7. The van der Waals surface area contributed by atoms with Gasteiger partial charge in [-0.2, -0.15) is 0 Å². The van der Waals surface area contributed by atoms with Gasteiger partial charge < -0.3 is 5.11 Å². The van der Waals surface area contributed by atoms with E-state index in [2.05, 4.69) is 0 Å². The van der Waals surface area contributed by atoms with Gasteiger partial charge in [0.2, 0.25) is 10.0 Å². The lowest BCUT2D eigenvalue weighted by Crippen LogP contribution is -2.51. The van der Waals surface area contributed by atoms with E-state index in [9.17, 15) is 13.2 Å². The molecule has 88 valence electrons. The van der Waals surface area contributed by atoms with E-state index < -0.39 is 20.7 Å². The first kappa shape index (κ1) is 12.4. The van der Waals surface area contributed by atoms with E-state index >= 15 is 0 Å².